The smallest absolute Gasteiger partial charge is 0.323 e. The molecule has 11 rings (SSSR count). The van der Waals surface area contributed by atoms with Gasteiger partial charge < -0.3 is 45.0 Å². The van der Waals surface area contributed by atoms with Gasteiger partial charge in [-0.2, -0.15) is 0 Å². The third-order valence-electron chi connectivity index (χ3n) is 14.1. The number of methoxy groups -OCH3 is 2. The first-order valence-corrected chi connectivity index (χ1v) is 23.9. The Morgan fingerprint density at radius 3 is 1.37 bits per heavy atom. The number of piperidine rings is 2. The predicted molar refractivity (Wildman–Crippen MR) is 264 cm³/mol. The summed E-state index contributed by atoms with van der Waals surface area (Å²) >= 11 is 0. The number of rotatable bonds is 8. The maximum atomic E-state index is 13.1. The Labute approximate surface area is 428 Å². The molecule has 23 heteroatoms. The van der Waals surface area contributed by atoms with Crippen LogP contribution in [0.25, 0.3) is 0 Å². The summed E-state index contributed by atoms with van der Waals surface area (Å²) in [5.41, 5.74) is -0.465. The number of imide groups is 3. The lowest BCUT2D eigenvalue weighted by atomic mass is 9.88. The normalized spacial score (nSPS) is 22.1. The molecule has 0 bridgehead atoms. The van der Waals surface area contributed by atoms with Gasteiger partial charge in [0.1, 0.15) is 34.5 Å². The highest BCUT2D eigenvalue weighted by Gasteiger charge is 2.51. The van der Waals surface area contributed by atoms with Crippen LogP contribution in [0.4, 0.5) is 26.0 Å². The van der Waals surface area contributed by atoms with Crippen molar-refractivity contribution in [3.63, 3.8) is 0 Å². The number of carbonyl (C=O) groups excluding carboxylic acids is 9. The van der Waals surface area contributed by atoms with Crippen molar-refractivity contribution in [2.45, 2.75) is 55.4 Å². The lowest BCUT2D eigenvalue weighted by Crippen LogP contribution is -2.55. The minimum atomic E-state index is -1.63. The summed E-state index contributed by atoms with van der Waals surface area (Å²) in [6.45, 7) is 2.62. The second-order valence-corrected chi connectivity index (χ2v) is 18.8. The quantitative estimate of drug-likeness (QED) is 0.105. The van der Waals surface area contributed by atoms with Crippen molar-refractivity contribution in [3.8, 4) is 35.2 Å². The number of nitrogens with one attached hydrogen (secondary N) is 6. The van der Waals surface area contributed by atoms with Crippen LogP contribution < -0.4 is 51.2 Å². The van der Waals surface area contributed by atoms with Gasteiger partial charge >= 0.3 is 18.1 Å². The fraction of sp³-hybridized carbons (Fsp3) is 0.327. The van der Waals surface area contributed by atoms with Crippen molar-refractivity contribution in [1.29, 1.82) is 0 Å². The number of aromatic nitrogens is 2. The Morgan fingerprint density at radius 2 is 0.987 bits per heavy atom. The van der Waals surface area contributed by atoms with E-state index in [0.29, 0.717) is 98.0 Å². The Bertz CT molecular complexity index is 3230. The van der Waals surface area contributed by atoms with Crippen molar-refractivity contribution < 1.29 is 52.6 Å². The minimum absolute atomic E-state index is 0.110. The second-order valence-electron chi connectivity index (χ2n) is 18.8. The van der Waals surface area contributed by atoms with E-state index in [1.807, 2.05) is 21.9 Å². The molecule has 5 fully saturated rings. The summed E-state index contributed by atoms with van der Waals surface area (Å²) in [6.07, 6.45) is 5.07. The number of Topliss-reactive ketones (excluding diaryl/α,β-unsaturated/α-hetero) is 1. The third-order valence-corrected chi connectivity index (χ3v) is 14.1. The van der Waals surface area contributed by atoms with E-state index in [9.17, 15) is 43.2 Å². The Morgan fingerprint density at radius 1 is 0.547 bits per heavy atom. The van der Waals surface area contributed by atoms with Crippen molar-refractivity contribution in [2.75, 3.05) is 63.3 Å². The van der Waals surface area contributed by atoms with Gasteiger partial charge in [0.05, 0.1) is 27.3 Å². The third kappa shape index (κ3) is 9.66. The first-order valence-electron chi connectivity index (χ1n) is 23.9. The number of urea groups is 3. The fourth-order valence-electron chi connectivity index (χ4n) is 9.86. The highest BCUT2D eigenvalue weighted by molar-refractivity contribution is 6.11. The van der Waals surface area contributed by atoms with E-state index in [1.54, 1.807) is 60.9 Å². The number of fused-ring (bicyclic) bond motifs is 2. The minimum Gasteiger partial charge on any atom is -0.497 e. The van der Waals surface area contributed by atoms with E-state index in [0.717, 1.165) is 16.9 Å². The molecule has 23 nitrogen and oxygen atoms in total. The van der Waals surface area contributed by atoms with E-state index in [4.69, 9.17) is 9.47 Å². The summed E-state index contributed by atoms with van der Waals surface area (Å²) < 4.78 is 10.4. The van der Waals surface area contributed by atoms with Crippen molar-refractivity contribution in [1.82, 2.24) is 51.7 Å². The largest absolute Gasteiger partial charge is 0.497 e. The van der Waals surface area contributed by atoms with Crippen LogP contribution in [-0.2, 0) is 32.3 Å². The monoisotopic (exact) mass is 1020 g/mol. The predicted octanol–water partition coefficient (Wildman–Crippen LogP) is 0.700. The molecule has 1 spiro atoms. The molecule has 0 radical (unpaired) electrons. The molecular formula is C52H48N12O11. The summed E-state index contributed by atoms with van der Waals surface area (Å²) in [5, 5.41) is 14.7. The molecule has 4 aromatic rings. The molecule has 0 unspecified atom stereocenters. The molecule has 5 saturated heterocycles. The number of amides is 11. The van der Waals surface area contributed by atoms with Gasteiger partial charge in [-0.3, -0.25) is 44.7 Å². The molecule has 0 saturated carbocycles. The average molecular weight is 1020 g/mol. The maximum absolute atomic E-state index is 13.1. The number of ketones is 1. The van der Waals surface area contributed by atoms with Gasteiger partial charge in [-0.15, -0.1) is 0 Å². The zero-order valence-electron chi connectivity index (χ0n) is 40.6. The molecule has 2 aromatic heterocycles. The van der Waals surface area contributed by atoms with E-state index < -0.39 is 46.5 Å². The topological polar surface area (TPSA) is 283 Å². The van der Waals surface area contributed by atoms with Gasteiger partial charge in [0.2, 0.25) is 11.1 Å². The molecule has 7 aliphatic heterocycles. The van der Waals surface area contributed by atoms with Crippen LogP contribution in [0.1, 0.15) is 68.7 Å². The first kappa shape index (κ1) is 49.1. The van der Waals surface area contributed by atoms with Crippen LogP contribution in [0.5, 0.6) is 11.5 Å². The lowest BCUT2D eigenvalue weighted by Gasteiger charge is -2.37. The highest BCUT2D eigenvalue weighted by Crippen LogP contribution is 2.32. The summed E-state index contributed by atoms with van der Waals surface area (Å²) in [6, 6.07) is 15.7. The standard InChI is InChI=1S/C27H25N7O6.C25H23N5O5/c1-40-18-4-3-17-14-34(21(35)19(17)12-18)15-27(23(37)30-25(39)32-27)7-6-16-2-5-20(28-13-16)33-10-8-26(9-11-33)22(36)29-24(38)31-26;1-35-19-4-3-17-14-30(22(32)20(17)12-19)15-25(23(33)27-24(34)28-25)9-6-16-2-5-21(26-13-16)29-10-7-18(31)8-11-29/h2-5,12-13H,8-11,14-15H2,1H3,(H2,29,31,36,38)(H2,30,32,37,39);2-5,12-13H,7-8,10-11,14-15H2,1H3,(H2,27,28,33,34)/t27-;25-/m11/s1. The Kier molecular flexibility index (Phi) is 12.8. The number of hydrogen-bond donors (Lipinski definition) is 6. The van der Waals surface area contributed by atoms with Gasteiger partial charge in [-0.05, 0) is 72.5 Å². The summed E-state index contributed by atoms with van der Waals surface area (Å²) in [4.78, 5) is 127. The number of anilines is 2. The summed E-state index contributed by atoms with van der Waals surface area (Å²) in [7, 11) is 3.04. The van der Waals surface area contributed by atoms with Crippen LogP contribution >= 0.6 is 0 Å². The lowest BCUT2D eigenvalue weighted by molar-refractivity contribution is -0.125. The van der Waals surface area contributed by atoms with Gasteiger partial charge in [-0.1, -0.05) is 35.8 Å². The molecule has 7 aliphatic rings. The number of nitrogens with zero attached hydrogens (tertiary/aromatic N) is 6. The fourth-order valence-corrected chi connectivity index (χ4v) is 9.86. The second kappa shape index (κ2) is 19.5. The zero-order chi connectivity index (χ0) is 52.6. The number of carbonyl (C=O) groups is 9. The van der Waals surface area contributed by atoms with Crippen LogP contribution in [-0.4, -0.2) is 143 Å². The van der Waals surface area contributed by atoms with Crippen molar-refractivity contribution in [2.24, 2.45) is 0 Å². The Balaban J connectivity index is 0.000000173. The maximum Gasteiger partial charge on any atom is 0.323 e. The Hall–Kier alpha value is -9.51. The molecule has 0 aliphatic carbocycles. The van der Waals surface area contributed by atoms with Crippen LogP contribution in [0.3, 0.4) is 0 Å². The SMILES string of the molecule is COc1ccc2c(c1)C(=O)N(C[C@@]1(C#Cc3ccc(N4CCC(=O)CC4)nc3)NC(=O)NC1=O)C2.COc1ccc2c(c1)C(=O)N(C[C@@]1(C#Cc3ccc(N4CCC5(CC4)NC(=O)NC5=O)nc3)NC(=O)NC1=O)C2. The molecule has 6 N–H and O–H groups in total. The van der Waals surface area contributed by atoms with Crippen molar-refractivity contribution >= 4 is 65.0 Å². The van der Waals surface area contributed by atoms with Gasteiger partial charge in [0, 0.05) is 86.8 Å². The van der Waals surface area contributed by atoms with Crippen LogP contribution in [0.2, 0.25) is 0 Å². The molecule has 2 aromatic carbocycles. The van der Waals surface area contributed by atoms with E-state index >= 15 is 0 Å². The molecule has 11 amide bonds. The first-order chi connectivity index (χ1) is 36.1. The average Bonchev–Trinajstić information content (AvgIpc) is 4.15. The van der Waals surface area contributed by atoms with Crippen LogP contribution in [0.15, 0.2) is 73.1 Å². The number of ether oxygens (including phenoxy) is 2. The van der Waals surface area contributed by atoms with E-state index in [-0.39, 0.29) is 43.1 Å². The molecule has 9 heterocycles. The van der Waals surface area contributed by atoms with Gasteiger partial charge in [0.25, 0.3) is 29.5 Å². The molecule has 382 valence electrons. The number of benzene rings is 2. The van der Waals surface area contributed by atoms with Gasteiger partial charge in [0.15, 0.2) is 0 Å². The van der Waals surface area contributed by atoms with E-state index in [1.165, 1.54) is 24.0 Å². The highest BCUT2D eigenvalue weighted by atomic mass is 16.5. The van der Waals surface area contributed by atoms with Crippen molar-refractivity contribution in [3.05, 3.63) is 106 Å². The molecule has 2 atom stereocenters. The molecule has 75 heavy (non-hydrogen) atoms. The summed E-state index contributed by atoms with van der Waals surface area (Å²) in [5.74, 6) is 12.3. The van der Waals surface area contributed by atoms with Gasteiger partial charge in [-0.25, -0.2) is 24.4 Å². The molecular weight excluding hydrogens is 969 g/mol. The van der Waals surface area contributed by atoms with E-state index in [2.05, 4.69) is 65.6 Å². The number of hydrogen-bond acceptors (Lipinski definition) is 15. The number of pyridine rings is 2. The zero-order valence-corrected chi connectivity index (χ0v) is 40.6. The van der Waals surface area contributed by atoms with Crippen LogP contribution in [0, 0.1) is 23.7 Å².